The van der Waals surface area contributed by atoms with Gasteiger partial charge in [0.2, 0.25) is 0 Å². The molecule has 1 heterocycles. The summed E-state index contributed by atoms with van der Waals surface area (Å²) in [6.45, 7) is 0. The molecule has 0 saturated heterocycles. The molecule has 0 saturated carbocycles. The molecule has 0 spiro atoms. The second-order valence-electron chi connectivity index (χ2n) is 4.39. The summed E-state index contributed by atoms with van der Waals surface area (Å²) in [7, 11) is 1.56. The molecular weight excluding hydrogens is 243 g/mol. The Kier molecular flexibility index (Phi) is 4.47. The molecule has 19 heavy (non-hydrogen) atoms. The fourth-order valence-electron chi connectivity index (χ4n) is 2.02. The molecule has 1 unspecified atom stereocenters. The minimum Gasteiger partial charge on any atom is -0.496 e. The Hall–Kier alpha value is -1.94. The molecule has 2 aromatic rings. The summed E-state index contributed by atoms with van der Waals surface area (Å²) in [4.78, 5) is 3.97. The summed E-state index contributed by atoms with van der Waals surface area (Å²) >= 11 is 0. The highest BCUT2D eigenvalue weighted by molar-refractivity contribution is 5.36. The predicted octanol–water partition coefficient (Wildman–Crippen LogP) is 2.86. The number of hydrogen-bond acceptors (Lipinski definition) is 3. The summed E-state index contributed by atoms with van der Waals surface area (Å²) in [5, 5.41) is 0. The lowest BCUT2D eigenvalue weighted by Crippen LogP contribution is -2.13. The molecule has 0 aliphatic carbocycles. The van der Waals surface area contributed by atoms with Crippen LogP contribution in [0, 0.1) is 5.82 Å². The van der Waals surface area contributed by atoms with E-state index in [0.29, 0.717) is 11.3 Å². The standard InChI is InChI=1S/C15H17FN2O/c1-19-15-5-3-12(16)10-13(15)14(17)4-2-11-6-8-18-9-7-11/h3,5-10,14H,2,4,17H2,1H3. The molecule has 0 amide bonds. The normalized spacial score (nSPS) is 12.2. The van der Waals surface area contributed by atoms with Crippen molar-refractivity contribution in [2.75, 3.05) is 7.11 Å². The molecule has 0 fully saturated rings. The largest absolute Gasteiger partial charge is 0.496 e. The first kappa shape index (κ1) is 13.5. The van der Waals surface area contributed by atoms with Crippen LogP contribution in [0.2, 0.25) is 0 Å². The zero-order valence-corrected chi connectivity index (χ0v) is 10.8. The van der Waals surface area contributed by atoms with Gasteiger partial charge >= 0.3 is 0 Å². The summed E-state index contributed by atoms with van der Waals surface area (Å²) in [6, 6.07) is 8.08. The van der Waals surface area contributed by atoms with Gasteiger partial charge in [0, 0.05) is 24.0 Å². The average molecular weight is 260 g/mol. The van der Waals surface area contributed by atoms with E-state index in [1.807, 2.05) is 12.1 Å². The first-order valence-electron chi connectivity index (χ1n) is 6.18. The third-order valence-electron chi connectivity index (χ3n) is 3.08. The lowest BCUT2D eigenvalue weighted by Gasteiger charge is -2.15. The lowest BCUT2D eigenvalue weighted by molar-refractivity contribution is 0.402. The van der Waals surface area contributed by atoms with Gasteiger partial charge in [0.25, 0.3) is 0 Å². The Labute approximate surface area is 112 Å². The summed E-state index contributed by atoms with van der Waals surface area (Å²) in [5.74, 6) is 0.332. The molecule has 100 valence electrons. The van der Waals surface area contributed by atoms with Crippen LogP contribution in [0.1, 0.15) is 23.6 Å². The maximum atomic E-state index is 13.3. The van der Waals surface area contributed by atoms with Crippen LogP contribution in [0.3, 0.4) is 0 Å². The number of halogens is 1. The molecule has 0 aliphatic heterocycles. The zero-order chi connectivity index (χ0) is 13.7. The van der Waals surface area contributed by atoms with Crippen LogP contribution in [-0.2, 0) is 6.42 Å². The number of aromatic nitrogens is 1. The van der Waals surface area contributed by atoms with Gasteiger partial charge in [0.1, 0.15) is 11.6 Å². The van der Waals surface area contributed by atoms with Crippen molar-refractivity contribution in [2.45, 2.75) is 18.9 Å². The van der Waals surface area contributed by atoms with Crippen LogP contribution in [0.15, 0.2) is 42.7 Å². The fraction of sp³-hybridized carbons (Fsp3) is 0.267. The van der Waals surface area contributed by atoms with Gasteiger partial charge in [-0.25, -0.2) is 4.39 Å². The molecule has 1 aromatic carbocycles. The molecular formula is C15H17FN2O. The van der Waals surface area contributed by atoms with Gasteiger partial charge in [-0.1, -0.05) is 0 Å². The van der Waals surface area contributed by atoms with Crippen molar-refractivity contribution >= 4 is 0 Å². The molecule has 0 radical (unpaired) electrons. The first-order valence-corrected chi connectivity index (χ1v) is 6.18. The number of benzene rings is 1. The molecule has 0 aliphatic rings. The predicted molar refractivity (Wildman–Crippen MR) is 72.4 cm³/mol. The van der Waals surface area contributed by atoms with E-state index in [2.05, 4.69) is 4.98 Å². The van der Waals surface area contributed by atoms with Gasteiger partial charge in [-0.05, 0) is 48.7 Å². The maximum absolute atomic E-state index is 13.3. The van der Waals surface area contributed by atoms with E-state index in [0.717, 1.165) is 12.8 Å². The van der Waals surface area contributed by atoms with Crippen molar-refractivity contribution in [2.24, 2.45) is 5.73 Å². The third-order valence-corrected chi connectivity index (χ3v) is 3.08. The highest BCUT2D eigenvalue weighted by Gasteiger charge is 2.13. The molecule has 2 rings (SSSR count). The molecule has 0 bridgehead atoms. The minimum atomic E-state index is -0.296. The van der Waals surface area contributed by atoms with Crippen molar-refractivity contribution in [3.63, 3.8) is 0 Å². The van der Waals surface area contributed by atoms with E-state index >= 15 is 0 Å². The Morgan fingerprint density at radius 2 is 2.00 bits per heavy atom. The SMILES string of the molecule is COc1ccc(F)cc1C(N)CCc1ccncc1. The monoisotopic (exact) mass is 260 g/mol. The van der Waals surface area contributed by atoms with Gasteiger partial charge in [-0.3, -0.25) is 4.98 Å². The van der Waals surface area contributed by atoms with Gasteiger partial charge in [0.05, 0.1) is 7.11 Å². The summed E-state index contributed by atoms with van der Waals surface area (Å²) in [6.07, 6.45) is 5.06. The van der Waals surface area contributed by atoms with Crippen molar-refractivity contribution < 1.29 is 9.13 Å². The number of aryl methyl sites for hydroxylation is 1. The van der Waals surface area contributed by atoms with Crippen LogP contribution in [0.4, 0.5) is 4.39 Å². The van der Waals surface area contributed by atoms with Crippen LogP contribution in [0.5, 0.6) is 5.75 Å². The minimum absolute atomic E-state index is 0.251. The molecule has 3 nitrogen and oxygen atoms in total. The zero-order valence-electron chi connectivity index (χ0n) is 10.8. The van der Waals surface area contributed by atoms with Crippen LogP contribution in [0.25, 0.3) is 0 Å². The first-order chi connectivity index (χ1) is 9.20. The number of hydrogen-bond donors (Lipinski definition) is 1. The highest BCUT2D eigenvalue weighted by atomic mass is 19.1. The van der Waals surface area contributed by atoms with Crippen molar-refractivity contribution in [3.8, 4) is 5.75 Å². The molecule has 4 heteroatoms. The average Bonchev–Trinajstić information content (AvgIpc) is 2.46. The molecule has 1 aromatic heterocycles. The van der Waals surface area contributed by atoms with Crippen molar-refractivity contribution in [3.05, 3.63) is 59.7 Å². The van der Waals surface area contributed by atoms with E-state index < -0.39 is 0 Å². The van der Waals surface area contributed by atoms with Crippen LogP contribution >= 0.6 is 0 Å². The molecule has 2 N–H and O–H groups in total. The number of rotatable bonds is 5. The second-order valence-corrected chi connectivity index (χ2v) is 4.39. The highest BCUT2D eigenvalue weighted by Crippen LogP contribution is 2.27. The van der Waals surface area contributed by atoms with Crippen molar-refractivity contribution in [1.29, 1.82) is 0 Å². The fourth-order valence-corrected chi connectivity index (χ4v) is 2.02. The second kappa shape index (κ2) is 6.29. The van der Waals surface area contributed by atoms with E-state index in [1.54, 1.807) is 25.6 Å². The lowest BCUT2D eigenvalue weighted by atomic mass is 9.99. The number of ether oxygens (including phenoxy) is 1. The van der Waals surface area contributed by atoms with E-state index in [9.17, 15) is 4.39 Å². The summed E-state index contributed by atoms with van der Waals surface area (Å²) < 4.78 is 18.5. The third kappa shape index (κ3) is 3.51. The maximum Gasteiger partial charge on any atom is 0.123 e. The Balaban J connectivity index is 2.07. The smallest absolute Gasteiger partial charge is 0.123 e. The van der Waals surface area contributed by atoms with Gasteiger partial charge in [-0.15, -0.1) is 0 Å². The van der Waals surface area contributed by atoms with Gasteiger partial charge < -0.3 is 10.5 Å². The number of methoxy groups -OCH3 is 1. The quantitative estimate of drug-likeness (QED) is 0.899. The molecule has 1 atom stereocenters. The van der Waals surface area contributed by atoms with Gasteiger partial charge in [0.15, 0.2) is 0 Å². The van der Waals surface area contributed by atoms with Crippen molar-refractivity contribution in [1.82, 2.24) is 4.98 Å². The number of nitrogens with zero attached hydrogens (tertiary/aromatic N) is 1. The van der Waals surface area contributed by atoms with Gasteiger partial charge in [-0.2, -0.15) is 0 Å². The number of nitrogens with two attached hydrogens (primary N) is 1. The number of pyridine rings is 1. The topological polar surface area (TPSA) is 48.1 Å². The van der Waals surface area contributed by atoms with Crippen LogP contribution in [-0.4, -0.2) is 12.1 Å². The van der Waals surface area contributed by atoms with Crippen LogP contribution < -0.4 is 10.5 Å². The summed E-state index contributed by atoms with van der Waals surface area (Å²) in [5.41, 5.74) is 8.00. The Bertz CT molecular complexity index is 531. The van der Waals surface area contributed by atoms with E-state index in [-0.39, 0.29) is 11.9 Å². The van der Waals surface area contributed by atoms with E-state index in [4.69, 9.17) is 10.5 Å². The Morgan fingerprint density at radius 1 is 1.26 bits per heavy atom. The van der Waals surface area contributed by atoms with E-state index in [1.165, 1.54) is 17.7 Å². The Morgan fingerprint density at radius 3 is 2.68 bits per heavy atom.